The lowest BCUT2D eigenvalue weighted by molar-refractivity contribution is 0.0599. The number of hydrogen-bond acceptors (Lipinski definition) is 5. The Kier molecular flexibility index (Phi) is 3.79. The van der Waals surface area contributed by atoms with Gasteiger partial charge in [-0.25, -0.2) is 9.78 Å². The number of nitrogens with one attached hydrogen (secondary N) is 1. The fourth-order valence-electron chi connectivity index (χ4n) is 1.72. The van der Waals surface area contributed by atoms with Crippen LogP contribution >= 0.6 is 0 Å². The van der Waals surface area contributed by atoms with E-state index in [2.05, 4.69) is 20.1 Å². The summed E-state index contributed by atoms with van der Waals surface area (Å²) in [5.74, 6) is 0.331. The van der Waals surface area contributed by atoms with Gasteiger partial charge < -0.3 is 10.1 Å². The number of methoxy groups -OCH3 is 1. The smallest absolute Gasteiger partial charge is 0.339 e. The number of rotatable bonds is 4. The van der Waals surface area contributed by atoms with Crippen LogP contribution in [0.4, 0.5) is 5.82 Å². The number of hydrogen-bond donors (Lipinski definition) is 1. The monoisotopic (exact) mass is 260 g/mol. The van der Waals surface area contributed by atoms with Crippen LogP contribution in [-0.4, -0.2) is 27.8 Å². The normalized spacial score (nSPS) is 10.3. The zero-order chi connectivity index (χ0) is 13.8. The molecule has 0 amide bonds. The minimum absolute atomic E-state index is 0.374. The first kappa shape index (κ1) is 13.1. The molecule has 100 valence electrons. The van der Waals surface area contributed by atoms with E-state index in [4.69, 9.17) is 0 Å². The van der Waals surface area contributed by atoms with Crippen molar-refractivity contribution in [1.82, 2.24) is 14.8 Å². The first-order valence-electron chi connectivity index (χ1n) is 5.88. The van der Waals surface area contributed by atoms with Crippen LogP contribution in [0.15, 0.2) is 24.4 Å². The van der Waals surface area contributed by atoms with Crippen LogP contribution in [-0.2, 0) is 18.3 Å². The van der Waals surface area contributed by atoms with Gasteiger partial charge in [0.2, 0.25) is 0 Å². The highest BCUT2D eigenvalue weighted by Gasteiger charge is 2.10. The predicted octanol–water partition coefficient (Wildman–Crippen LogP) is 1.52. The Balaban J connectivity index is 2.06. The van der Waals surface area contributed by atoms with Crippen molar-refractivity contribution in [2.75, 3.05) is 12.4 Å². The van der Waals surface area contributed by atoms with Gasteiger partial charge in [0.25, 0.3) is 0 Å². The number of aryl methyl sites for hydroxylation is 2. The fraction of sp³-hybridized carbons (Fsp3) is 0.308. The predicted molar refractivity (Wildman–Crippen MR) is 70.8 cm³/mol. The lowest BCUT2D eigenvalue weighted by Crippen LogP contribution is -2.08. The van der Waals surface area contributed by atoms with Gasteiger partial charge in [0.15, 0.2) is 0 Å². The van der Waals surface area contributed by atoms with E-state index in [1.165, 1.54) is 7.11 Å². The summed E-state index contributed by atoms with van der Waals surface area (Å²) in [5.41, 5.74) is 2.04. The van der Waals surface area contributed by atoms with E-state index >= 15 is 0 Å². The molecule has 0 aliphatic carbocycles. The highest BCUT2D eigenvalue weighted by Crippen LogP contribution is 2.12. The van der Waals surface area contributed by atoms with Gasteiger partial charge in [0.05, 0.1) is 30.6 Å². The molecule has 0 aromatic carbocycles. The zero-order valence-electron chi connectivity index (χ0n) is 11.2. The number of pyridine rings is 1. The highest BCUT2D eigenvalue weighted by molar-refractivity contribution is 5.90. The van der Waals surface area contributed by atoms with Crippen LogP contribution in [0.5, 0.6) is 0 Å². The molecule has 1 N–H and O–H groups in total. The van der Waals surface area contributed by atoms with Crippen molar-refractivity contribution >= 4 is 11.8 Å². The van der Waals surface area contributed by atoms with Gasteiger partial charge in [-0.3, -0.25) is 4.68 Å². The van der Waals surface area contributed by atoms with Crippen LogP contribution < -0.4 is 5.32 Å². The van der Waals surface area contributed by atoms with E-state index in [9.17, 15) is 4.79 Å². The maximum absolute atomic E-state index is 11.4. The maximum atomic E-state index is 11.4. The number of nitrogens with zero attached hydrogens (tertiary/aromatic N) is 3. The summed E-state index contributed by atoms with van der Waals surface area (Å²) in [4.78, 5) is 15.7. The van der Waals surface area contributed by atoms with E-state index in [-0.39, 0.29) is 5.97 Å². The van der Waals surface area contributed by atoms with Crippen LogP contribution in [0.1, 0.15) is 21.7 Å². The third-order valence-corrected chi connectivity index (χ3v) is 2.71. The third kappa shape index (κ3) is 3.09. The molecule has 6 nitrogen and oxygen atoms in total. The lowest BCUT2D eigenvalue weighted by atomic mass is 10.2. The number of carbonyl (C=O) groups excluding carboxylic acids is 1. The summed E-state index contributed by atoms with van der Waals surface area (Å²) in [6.45, 7) is 2.36. The zero-order valence-corrected chi connectivity index (χ0v) is 11.2. The molecule has 0 radical (unpaired) electrons. The van der Waals surface area contributed by atoms with Crippen LogP contribution in [0.3, 0.4) is 0 Å². The molecule has 0 bridgehead atoms. The topological polar surface area (TPSA) is 69.0 Å². The SMILES string of the molecule is COC(=O)c1ccc(NCc2ccn(C)n2)nc1C. The first-order chi connectivity index (χ1) is 9.10. The van der Waals surface area contributed by atoms with E-state index < -0.39 is 0 Å². The summed E-state index contributed by atoms with van der Waals surface area (Å²) in [5, 5.41) is 7.42. The highest BCUT2D eigenvalue weighted by atomic mass is 16.5. The molecule has 0 unspecified atom stereocenters. The Hall–Kier alpha value is -2.37. The number of carbonyl (C=O) groups is 1. The second kappa shape index (κ2) is 5.51. The molecule has 0 fully saturated rings. The molecule has 2 rings (SSSR count). The molecule has 0 aliphatic heterocycles. The number of aromatic nitrogens is 3. The van der Waals surface area contributed by atoms with Gasteiger partial charge in [-0.15, -0.1) is 0 Å². The van der Waals surface area contributed by atoms with Crippen LogP contribution in [0, 0.1) is 6.92 Å². The van der Waals surface area contributed by atoms with Crippen molar-refractivity contribution in [3.05, 3.63) is 41.3 Å². The molecule has 0 saturated carbocycles. The molecular weight excluding hydrogens is 244 g/mol. The molecule has 0 spiro atoms. The standard InChI is InChI=1S/C13H16N4O2/c1-9-11(13(18)19-3)4-5-12(15-9)14-8-10-6-7-17(2)16-10/h4-7H,8H2,1-3H3,(H,14,15). The Morgan fingerprint density at radius 3 is 2.79 bits per heavy atom. The Morgan fingerprint density at radius 2 is 2.21 bits per heavy atom. The number of esters is 1. The van der Waals surface area contributed by atoms with Gasteiger partial charge in [-0.05, 0) is 25.1 Å². The van der Waals surface area contributed by atoms with Crippen LogP contribution in [0.25, 0.3) is 0 Å². The van der Waals surface area contributed by atoms with E-state index in [0.717, 1.165) is 5.69 Å². The summed E-state index contributed by atoms with van der Waals surface area (Å²) < 4.78 is 6.42. The van der Waals surface area contributed by atoms with Crippen molar-refractivity contribution in [2.24, 2.45) is 7.05 Å². The third-order valence-electron chi connectivity index (χ3n) is 2.71. The molecular formula is C13H16N4O2. The van der Waals surface area contributed by atoms with Gasteiger partial charge >= 0.3 is 5.97 Å². The van der Waals surface area contributed by atoms with Gasteiger partial charge in [-0.2, -0.15) is 5.10 Å². The second-order valence-electron chi connectivity index (χ2n) is 4.16. The largest absolute Gasteiger partial charge is 0.465 e. The van der Waals surface area contributed by atoms with Crippen molar-refractivity contribution in [2.45, 2.75) is 13.5 Å². The fourth-order valence-corrected chi connectivity index (χ4v) is 1.72. The lowest BCUT2D eigenvalue weighted by Gasteiger charge is -2.07. The van der Waals surface area contributed by atoms with Gasteiger partial charge in [-0.1, -0.05) is 0 Å². The van der Waals surface area contributed by atoms with Crippen molar-refractivity contribution in [3.8, 4) is 0 Å². The molecule has 2 heterocycles. The maximum Gasteiger partial charge on any atom is 0.339 e. The van der Waals surface area contributed by atoms with Crippen molar-refractivity contribution < 1.29 is 9.53 Å². The van der Waals surface area contributed by atoms with Gasteiger partial charge in [0.1, 0.15) is 5.82 Å². The molecule has 2 aromatic rings. The first-order valence-corrected chi connectivity index (χ1v) is 5.88. The van der Waals surface area contributed by atoms with E-state index in [1.807, 2.05) is 19.3 Å². The van der Waals surface area contributed by atoms with Crippen molar-refractivity contribution in [3.63, 3.8) is 0 Å². The van der Waals surface area contributed by atoms with Gasteiger partial charge in [0, 0.05) is 13.2 Å². The minimum Gasteiger partial charge on any atom is -0.465 e. The molecule has 0 saturated heterocycles. The summed E-state index contributed by atoms with van der Waals surface area (Å²) in [6, 6.07) is 5.39. The molecule has 0 atom stereocenters. The Bertz CT molecular complexity index is 592. The van der Waals surface area contributed by atoms with Crippen LogP contribution in [0.2, 0.25) is 0 Å². The quantitative estimate of drug-likeness (QED) is 0.844. The minimum atomic E-state index is -0.374. The molecule has 2 aromatic heterocycles. The average molecular weight is 260 g/mol. The molecule has 6 heteroatoms. The van der Waals surface area contributed by atoms with E-state index in [1.54, 1.807) is 23.7 Å². The van der Waals surface area contributed by atoms with Crippen molar-refractivity contribution in [1.29, 1.82) is 0 Å². The summed E-state index contributed by atoms with van der Waals surface area (Å²) in [6.07, 6.45) is 1.88. The molecule has 0 aliphatic rings. The Morgan fingerprint density at radius 1 is 1.42 bits per heavy atom. The second-order valence-corrected chi connectivity index (χ2v) is 4.16. The Labute approximate surface area is 111 Å². The number of anilines is 1. The van der Waals surface area contributed by atoms with E-state index in [0.29, 0.717) is 23.6 Å². The summed E-state index contributed by atoms with van der Waals surface area (Å²) >= 11 is 0. The summed E-state index contributed by atoms with van der Waals surface area (Å²) in [7, 11) is 3.23. The molecule has 19 heavy (non-hydrogen) atoms. The average Bonchev–Trinajstić information content (AvgIpc) is 2.81. The number of ether oxygens (including phenoxy) is 1.